The standard InChI is InChI=1S/C50H73N9O8/c1-11-33(6)43(47(64)53-29-35-20-15-16-22-52-35)57-44(61)37(32(4)5)27-42(60)38(24-31(2)3)55-46(63)41(26-36-28-51-30-54-36)58(10)48(65)39(25-34-18-13-12-14-19-34)56-45(62)40-21-17-23-59(40)49(66)67-50(7,8)9/h12-16,18-20,22,28,30-33,37-41,43H,11,17,21,23-27,29H2,1-10H3,(H,51,54)(H,53,64)(H,55,63)(H,56,62)(H,57,61)/t33-,37-,38-,39-,40-,41-,43-/m0/s1. The van der Waals surface area contributed by atoms with E-state index in [9.17, 15) is 33.6 Å². The maximum Gasteiger partial charge on any atom is 0.410 e. The van der Waals surface area contributed by atoms with Crippen molar-refractivity contribution in [3.63, 3.8) is 0 Å². The van der Waals surface area contributed by atoms with Gasteiger partial charge < -0.3 is 35.9 Å². The van der Waals surface area contributed by atoms with Crippen LogP contribution in [0.5, 0.6) is 0 Å². The van der Waals surface area contributed by atoms with Gasteiger partial charge in [-0.3, -0.25) is 38.7 Å². The van der Waals surface area contributed by atoms with Crippen LogP contribution in [0.4, 0.5) is 4.79 Å². The van der Waals surface area contributed by atoms with Crippen molar-refractivity contribution in [3.8, 4) is 0 Å². The first kappa shape index (κ1) is 53.5. The second kappa shape index (κ2) is 25.1. The zero-order chi connectivity index (χ0) is 49.4. The number of pyridine rings is 1. The lowest BCUT2D eigenvalue weighted by atomic mass is 9.85. The van der Waals surface area contributed by atoms with Crippen LogP contribution in [0.1, 0.15) is 111 Å². The first-order valence-corrected chi connectivity index (χ1v) is 23.6. The smallest absolute Gasteiger partial charge is 0.410 e. The molecule has 366 valence electrons. The number of carbonyl (C=O) groups excluding carboxylic acids is 7. The number of carbonyl (C=O) groups is 7. The van der Waals surface area contributed by atoms with Crippen LogP contribution in [0, 0.1) is 23.7 Å². The fourth-order valence-electron chi connectivity index (χ4n) is 8.06. The van der Waals surface area contributed by atoms with E-state index < -0.39 is 71.5 Å². The summed E-state index contributed by atoms with van der Waals surface area (Å²) in [5.74, 6) is -4.28. The summed E-state index contributed by atoms with van der Waals surface area (Å²) in [6.07, 6.45) is 5.70. The molecule has 0 radical (unpaired) electrons. The van der Waals surface area contributed by atoms with Gasteiger partial charge in [-0.1, -0.05) is 84.4 Å². The molecule has 6 amide bonds. The lowest BCUT2D eigenvalue weighted by Crippen LogP contribution is -2.59. The highest BCUT2D eigenvalue weighted by atomic mass is 16.6. The van der Waals surface area contributed by atoms with Crippen molar-refractivity contribution in [2.75, 3.05) is 13.6 Å². The molecule has 17 nitrogen and oxygen atoms in total. The van der Waals surface area contributed by atoms with Gasteiger partial charge in [0.1, 0.15) is 29.8 Å². The van der Waals surface area contributed by atoms with E-state index in [-0.39, 0.29) is 61.7 Å². The fourth-order valence-corrected chi connectivity index (χ4v) is 8.06. The SMILES string of the molecule is CC[C@H](C)[C@H](NC(=O)[C@@H](CC(=O)[C@H](CC(C)C)NC(=O)[C@H](Cc1cnc[nH]1)N(C)C(=O)[C@H](Cc1ccccc1)NC(=O)[C@@H]1CCCN1C(=O)OC(C)(C)C)C(C)C)C(=O)NCc1ccccn1. The lowest BCUT2D eigenvalue weighted by molar-refractivity contribution is -0.143. The number of hydrogen-bond acceptors (Lipinski definition) is 10. The molecular formula is C50H73N9O8. The van der Waals surface area contributed by atoms with Crippen molar-refractivity contribution in [1.82, 2.24) is 46.0 Å². The van der Waals surface area contributed by atoms with Gasteiger partial charge in [-0.15, -0.1) is 0 Å². The maximum atomic E-state index is 14.7. The summed E-state index contributed by atoms with van der Waals surface area (Å²) in [6.45, 7) is 17.1. The number of aromatic nitrogens is 3. The Morgan fingerprint density at radius 1 is 0.881 bits per heavy atom. The minimum absolute atomic E-state index is 0.00582. The summed E-state index contributed by atoms with van der Waals surface area (Å²) in [6, 6.07) is 9.47. The first-order valence-electron chi connectivity index (χ1n) is 23.6. The number of Topliss-reactive ketones (excluding diaryl/α,β-unsaturated/α-hetero) is 1. The van der Waals surface area contributed by atoms with Crippen molar-refractivity contribution in [2.24, 2.45) is 23.7 Å². The third-order valence-corrected chi connectivity index (χ3v) is 12.1. The molecule has 0 spiro atoms. The van der Waals surface area contributed by atoms with Crippen molar-refractivity contribution in [2.45, 2.75) is 150 Å². The second-order valence-corrected chi connectivity index (χ2v) is 19.5. The number of likely N-dealkylation sites (N-methyl/N-ethyl adjacent to an activating group) is 1. The number of likely N-dealkylation sites (tertiary alicyclic amines) is 1. The van der Waals surface area contributed by atoms with Crippen LogP contribution in [0.2, 0.25) is 0 Å². The number of imidazole rings is 1. The third kappa shape index (κ3) is 16.3. The Balaban J connectivity index is 1.57. The molecule has 4 rings (SSSR count). The number of aromatic amines is 1. The highest BCUT2D eigenvalue weighted by Gasteiger charge is 2.41. The Hall–Kier alpha value is -6.13. The summed E-state index contributed by atoms with van der Waals surface area (Å²) in [7, 11) is 1.48. The summed E-state index contributed by atoms with van der Waals surface area (Å²) in [5.41, 5.74) is 1.19. The molecule has 0 saturated carbocycles. The number of nitrogens with one attached hydrogen (secondary N) is 5. The van der Waals surface area contributed by atoms with E-state index in [1.54, 1.807) is 45.3 Å². The molecule has 2 aromatic heterocycles. The van der Waals surface area contributed by atoms with Crippen molar-refractivity contribution in [1.29, 1.82) is 0 Å². The van der Waals surface area contributed by atoms with Crippen LogP contribution in [0.25, 0.3) is 0 Å². The quantitative estimate of drug-likeness (QED) is 0.0864. The summed E-state index contributed by atoms with van der Waals surface area (Å²) < 4.78 is 5.59. The van der Waals surface area contributed by atoms with E-state index in [4.69, 9.17) is 4.74 Å². The number of hydrogen-bond donors (Lipinski definition) is 5. The van der Waals surface area contributed by atoms with Crippen molar-refractivity contribution >= 4 is 41.4 Å². The molecule has 0 aliphatic carbocycles. The second-order valence-electron chi connectivity index (χ2n) is 19.5. The summed E-state index contributed by atoms with van der Waals surface area (Å²) >= 11 is 0. The topological polar surface area (TPSA) is 225 Å². The van der Waals surface area contributed by atoms with E-state index in [1.165, 1.54) is 23.2 Å². The molecule has 5 N–H and O–H groups in total. The Morgan fingerprint density at radius 3 is 2.18 bits per heavy atom. The number of benzene rings is 1. The number of H-pyrrole nitrogens is 1. The molecule has 7 atom stereocenters. The Bertz CT molecular complexity index is 2090. The van der Waals surface area contributed by atoms with Gasteiger partial charge in [-0.05, 0) is 75.5 Å². The van der Waals surface area contributed by atoms with Crippen LogP contribution < -0.4 is 21.3 Å². The summed E-state index contributed by atoms with van der Waals surface area (Å²) in [5, 5.41) is 11.7. The molecule has 0 unspecified atom stereocenters. The monoisotopic (exact) mass is 928 g/mol. The van der Waals surface area contributed by atoms with Gasteiger partial charge >= 0.3 is 6.09 Å². The number of ether oxygens (including phenoxy) is 1. The van der Waals surface area contributed by atoms with Crippen LogP contribution in [-0.4, -0.2) is 116 Å². The first-order chi connectivity index (χ1) is 31.7. The molecule has 67 heavy (non-hydrogen) atoms. The van der Waals surface area contributed by atoms with E-state index in [2.05, 4.69) is 36.2 Å². The molecule has 1 fully saturated rings. The van der Waals surface area contributed by atoms with Crippen molar-refractivity contribution in [3.05, 3.63) is 84.2 Å². The predicted octanol–water partition coefficient (Wildman–Crippen LogP) is 4.91. The van der Waals surface area contributed by atoms with Gasteiger partial charge in [-0.2, -0.15) is 0 Å². The van der Waals surface area contributed by atoms with Gasteiger partial charge in [-0.25, -0.2) is 9.78 Å². The van der Waals surface area contributed by atoms with Gasteiger partial charge in [0, 0.05) is 56.9 Å². The van der Waals surface area contributed by atoms with Crippen LogP contribution in [-0.2, 0) is 52.9 Å². The number of rotatable bonds is 23. The van der Waals surface area contributed by atoms with Crippen LogP contribution in [0.15, 0.2) is 67.3 Å². The maximum absolute atomic E-state index is 14.7. The molecule has 17 heteroatoms. The zero-order valence-corrected chi connectivity index (χ0v) is 41.0. The molecule has 1 saturated heterocycles. The highest BCUT2D eigenvalue weighted by Crippen LogP contribution is 2.24. The Kier molecular flexibility index (Phi) is 20.1. The molecule has 1 aromatic carbocycles. The Labute approximate surface area is 395 Å². The van der Waals surface area contributed by atoms with E-state index >= 15 is 0 Å². The molecule has 0 bridgehead atoms. The van der Waals surface area contributed by atoms with Gasteiger partial charge in [0.15, 0.2) is 5.78 Å². The largest absolute Gasteiger partial charge is 0.444 e. The van der Waals surface area contributed by atoms with Crippen molar-refractivity contribution < 1.29 is 38.3 Å². The highest BCUT2D eigenvalue weighted by molar-refractivity contribution is 5.97. The molecule has 1 aliphatic rings. The molecule has 3 aromatic rings. The van der Waals surface area contributed by atoms with Crippen LogP contribution in [0.3, 0.4) is 0 Å². The number of amides is 6. The Morgan fingerprint density at radius 2 is 1.58 bits per heavy atom. The third-order valence-electron chi connectivity index (χ3n) is 12.1. The summed E-state index contributed by atoms with van der Waals surface area (Å²) in [4.78, 5) is 113. The average molecular weight is 928 g/mol. The number of ketones is 1. The minimum atomic E-state index is -1.18. The van der Waals surface area contributed by atoms with Gasteiger partial charge in [0.25, 0.3) is 0 Å². The molecule has 3 heterocycles. The van der Waals surface area contributed by atoms with Gasteiger partial charge in [0.2, 0.25) is 29.5 Å². The number of nitrogens with zero attached hydrogens (tertiary/aromatic N) is 4. The fraction of sp³-hybridized carbons (Fsp3) is 0.580. The zero-order valence-electron chi connectivity index (χ0n) is 41.0. The van der Waals surface area contributed by atoms with E-state index in [1.807, 2.05) is 77.9 Å². The van der Waals surface area contributed by atoms with E-state index in [0.717, 1.165) is 5.56 Å². The van der Waals surface area contributed by atoms with Gasteiger partial charge in [0.05, 0.1) is 24.6 Å². The molecule has 1 aliphatic heterocycles. The lowest BCUT2D eigenvalue weighted by Gasteiger charge is -2.33. The predicted molar refractivity (Wildman–Crippen MR) is 254 cm³/mol. The normalized spacial score (nSPS) is 16.5. The average Bonchev–Trinajstić information content (AvgIpc) is 4.00. The molecular weight excluding hydrogens is 855 g/mol. The van der Waals surface area contributed by atoms with Crippen LogP contribution >= 0.6 is 0 Å². The minimum Gasteiger partial charge on any atom is -0.444 e. The van der Waals surface area contributed by atoms with E-state index in [0.29, 0.717) is 37.2 Å².